The number of anilines is 1. The molecule has 2 aromatic rings. The maximum Gasteiger partial charge on any atom is 0.433 e. The minimum Gasteiger partial charge on any atom is -0.307 e. The Hall–Kier alpha value is -2.44. The Balaban J connectivity index is 2.24. The van der Waals surface area contributed by atoms with Gasteiger partial charge in [-0.1, -0.05) is 0 Å². The van der Waals surface area contributed by atoms with E-state index in [2.05, 4.69) is 15.3 Å². The number of pyridine rings is 2. The standard InChI is InChI=1S/C14H12F3N3O/c1-8-5-6-18-12(7-8)20-13(21)10-3-4-11(14(15,16)17)19-9(10)2/h3-7H,1-2H3,(H,18,20,21). The van der Waals surface area contributed by atoms with Crippen LogP contribution in [0, 0.1) is 13.8 Å². The van der Waals surface area contributed by atoms with Crippen molar-refractivity contribution in [3.63, 3.8) is 0 Å². The van der Waals surface area contributed by atoms with Crippen LogP contribution in [0.3, 0.4) is 0 Å². The molecule has 2 rings (SSSR count). The molecule has 4 nitrogen and oxygen atoms in total. The molecule has 0 spiro atoms. The summed E-state index contributed by atoms with van der Waals surface area (Å²) in [6.45, 7) is 3.19. The summed E-state index contributed by atoms with van der Waals surface area (Å²) in [5.74, 6) is -0.217. The molecule has 0 radical (unpaired) electrons. The molecule has 2 heterocycles. The van der Waals surface area contributed by atoms with Crippen LogP contribution < -0.4 is 5.32 Å². The van der Waals surface area contributed by atoms with Crippen LogP contribution in [-0.4, -0.2) is 15.9 Å². The molecule has 0 aliphatic rings. The van der Waals surface area contributed by atoms with Crippen LogP contribution in [0.1, 0.15) is 27.3 Å². The summed E-state index contributed by atoms with van der Waals surface area (Å²) in [6.07, 6.45) is -3.00. The molecular formula is C14H12F3N3O. The van der Waals surface area contributed by atoms with Crippen LogP contribution >= 0.6 is 0 Å². The van der Waals surface area contributed by atoms with E-state index in [0.717, 1.165) is 17.7 Å². The van der Waals surface area contributed by atoms with Gasteiger partial charge < -0.3 is 5.32 Å². The Morgan fingerprint density at radius 2 is 1.90 bits per heavy atom. The van der Waals surface area contributed by atoms with Gasteiger partial charge in [0.2, 0.25) is 0 Å². The van der Waals surface area contributed by atoms with Crippen molar-refractivity contribution in [2.24, 2.45) is 0 Å². The molecule has 1 N–H and O–H groups in total. The highest BCUT2D eigenvalue weighted by atomic mass is 19.4. The Kier molecular flexibility index (Phi) is 3.93. The van der Waals surface area contributed by atoms with Crippen molar-refractivity contribution in [1.29, 1.82) is 0 Å². The van der Waals surface area contributed by atoms with Gasteiger partial charge in [-0.05, 0) is 43.7 Å². The normalized spacial score (nSPS) is 11.3. The van der Waals surface area contributed by atoms with E-state index in [1.54, 1.807) is 12.1 Å². The van der Waals surface area contributed by atoms with E-state index in [1.165, 1.54) is 13.1 Å². The van der Waals surface area contributed by atoms with Crippen molar-refractivity contribution in [2.45, 2.75) is 20.0 Å². The molecule has 0 saturated carbocycles. The number of aryl methyl sites for hydroxylation is 2. The quantitative estimate of drug-likeness (QED) is 0.924. The molecule has 0 bridgehead atoms. The van der Waals surface area contributed by atoms with Gasteiger partial charge in [0.05, 0.1) is 11.3 Å². The number of aromatic nitrogens is 2. The first-order valence-corrected chi connectivity index (χ1v) is 6.06. The molecule has 7 heteroatoms. The molecule has 0 atom stereocenters. The Morgan fingerprint density at radius 1 is 1.19 bits per heavy atom. The molecule has 0 aliphatic heterocycles. The number of amides is 1. The fourth-order valence-corrected chi connectivity index (χ4v) is 1.75. The highest BCUT2D eigenvalue weighted by Gasteiger charge is 2.33. The Labute approximate surface area is 119 Å². The molecule has 0 saturated heterocycles. The second-order valence-electron chi connectivity index (χ2n) is 4.50. The van der Waals surface area contributed by atoms with Gasteiger partial charge in [0.15, 0.2) is 0 Å². The first-order valence-electron chi connectivity index (χ1n) is 6.06. The van der Waals surface area contributed by atoms with E-state index >= 15 is 0 Å². The van der Waals surface area contributed by atoms with Crippen molar-refractivity contribution in [3.8, 4) is 0 Å². The van der Waals surface area contributed by atoms with Gasteiger partial charge >= 0.3 is 6.18 Å². The lowest BCUT2D eigenvalue weighted by atomic mass is 10.1. The summed E-state index contributed by atoms with van der Waals surface area (Å²) in [5.41, 5.74) is -0.0333. The number of hydrogen-bond donors (Lipinski definition) is 1. The molecule has 21 heavy (non-hydrogen) atoms. The van der Waals surface area contributed by atoms with Crippen molar-refractivity contribution in [1.82, 2.24) is 9.97 Å². The number of halogens is 3. The number of alkyl halides is 3. The van der Waals surface area contributed by atoms with Crippen LogP contribution in [0.5, 0.6) is 0 Å². The maximum atomic E-state index is 12.5. The number of hydrogen-bond acceptors (Lipinski definition) is 3. The Bertz CT molecular complexity index is 683. The number of nitrogens with one attached hydrogen (secondary N) is 1. The first-order chi connectivity index (χ1) is 9.77. The highest BCUT2D eigenvalue weighted by Crippen LogP contribution is 2.28. The first kappa shape index (κ1) is 15.0. The molecule has 0 aliphatic carbocycles. The van der Waals surface area contributed by atoms with Crippen LogP contribution in [0.4, 0.5) is 19.0 Å². The number of carbonyl (C=O) groups excluding carboxylic acids is 1. The number of rotatable bonds is 2. The zero-order valence-corrected chi connectivity index (χ0v) is 11.3. The smallest absolute Gasteiger partial charge is 0.307 e. The van der Waals surface area contributed by atoms with Gasteiger partial charge in [-0.15, -0.1) is 0 Å². The predicted octanol–water partition coefficient (Wildman–Crippen LogP) is 3.36. The van der Waals surface area contributed by atoms with E-state index in [0.29, 0.717) is 5.82 Å². The van der Waals surface area contributed by atoms with Crippen LogP contribution in [0.2, 0.25) is 0 Å². The Morgan fingerprint density at radius 3 is 2.48 bits per heavy atom. The highest BCUT2D eigenvalue weighted by molar-refractivity contribution is 6.04. The molecule has 0 aromatic carbocycles. The van der Waals surface area contributed by atoms with E-state index < -0.39 is 17.8 Å². The average molecular weight is 295 g/mol. The minimum absolute atomic E-state index is 0.00924. The molecule has 0 fully saturated rings. The van der Waals surface area contributed by atoms with Gasteiger partial charge in [-0.3, -0.25) is 4.79 Å². The monoisotopic (exact) mass is 295 g/mol. The van der Waals surface area contributed by atoms with E-state index in [4.69, 9.17) is 0 Å². The number of carbonyl (C=O) groups is 1. The predicted molar refractivity (Wildman–Crippen MR) is 70.9 cm³/mol. The topological polar surface area (TPSA) is 54.9 Å². The summed E-state index contributed by atoms with van der Waals surface area (Å²) >= 11 is 0. The van der Waals surface area contributed by atoms with Gasteiger partial charge in [0.25, 0.3) is 5.91 Å². The zero-order valence-electron chi connectivity index (χ0n) is 11.3. The fourth-order valence-electron chi connectivity index (χ4n) is 1.75. The molecule has 110 valence electrons. The lowest BCUT2D eigenvalue weighted by Gasteiger charge is -2.10. The average Bonchev–Trinajstić information content (AvgIpc) is 2.37. The number of nitrogens with zero attached hydrogens (tertiary/aromatic N) is 2. The SMILES string of the molecule is Cc1ccnc(NC(=O)c2ccc(C(F)(F)F)nc2C)c1. The van der Waals surface area contributed by atoms with Crippen molar-refractivity contribution >= 4 is 11.7 Å². The van der Waals surface area contributed by atoms with Crippen molar-refractivity contribution in [3.05, 3.63) is 53.0 Å². The second kappa shape index (κ2) is 5.51. The third kappa shape index (κ3) is 3.56. The van der Waals surface area contributed by atoms with Crippen LogP contribution in [-0.2, 0) is 6.18 Å². The summed E-state index contributed by atoms with van der Waals surface area (Å²) in [7, 11) is 0. The van der Waals surface area contributed by atoms with Gasteiger partial charge in [-0.2, -0.15) is 13.2 Å². The lowest BCUT2D eigenvalue weighted by Crippen LogP contribution is -2.17. The van der Waals surface area contributed by atoms with Gasteiger partial charge in [-0.25, -0.2) is 9.97 Å². The van der Waals surface area contributed by atoms with E-state index in [1.807, 2.05) is 6.92 Å². The van der Waals surface area contributed by atoms with Gasteiger partial charge in [0.1, 0.15) is 11.5 Å². The van der Waals surface area contributed by atoms with E-state index in [-0.39, 0.29) is 11.3 Å². The third-order valence-corrected chi connectivity index (χ3v) is 2.78. The molecule has 1 amide bonds. The van der Waals surface area contributed by atoms with Crippen molar-refractivity contribution in [2.75, 3.05) is 5.32 Å². The van der Waals surface area contributed by atoms with Crippen molar-refractivity contribution < 1.29 is 18.0 Å². The fraction of sp³-hybridized carbons (Fsp3) is 0.214. The second-order valence-corrected chi connectivity index (χ2v) is 4.50. The van der Waals surface area contributed by atoms with Crippen LogP contribution in [0.15, 0.2) is 30.5 Å². The lowest BCUT2D eigenvalue weighted by molar-refractivity contribution is -0.141. The van der Waals surface area contributed by atoms with Gasteiger partial charge in [0, 0.05) is 6.20 Å². The van der Waals surface area contributed by atoms with E-state index in [9.17, 15) is 18.0 Å². The molecule has 0 unspecified atom stereocenters. The minimum atomic E-state index is -4.53. The summed E-state index contributed by atoms with van der Waals surface area (Å²) in [6, 6.07) is 5.31. The summed E-state index contributed by atoms with van der Waals surface area (Å²) in [4.78, 5) is 19.4. The summed E-state index contributed by atoms with van der Waals surface area (Å²) in [5, 5.41) is 2.53. The molecular weight excluding hydrogens is 283 g/mol. The van der Waals surface area contributed by atoms with Crippen LogP contribution in [0.25, 0.3) is 0 Å². The zero-order chi connectivity index (χ0) is 15.6. The maximum absolute atomic E-state index is 12.5. The molecule has 2 aromatic heterocycles. The largest absolute Gasteiger partial charge is 0.433 e. The summed E-state index contributed by atoms with van der Waals surface area (Å²) < 4.78 is 37.6. The third-order valence-electron chi connectivity index (χ3n) is 2.78.